The van der Waals surface area contributed by atoms with Gasteiger partial charge in [-0.25, -0.2) is 8.42 Å². The summed E-state index contributed by atoms with van der Waals surface area (Å²) in [6.07, 6.45) is -4.61. The van der Waals surface area contributed by atoms with Gasteiger partial charge in [0.25, 0.3) is 0 Å². The molecule has 0 saturated carbocycles. The summed E-state index contributed by atoms with van der Waals surface area (Å²) in [6.45, 7) is -0.319. The van der Waals surface area contributed by atoms with E-state index >= 15 is 0 Å². The summed E-state index contributed by atoms with van der Waals surface area (Å²) in [5.74, 6) is 0.538. The SMILES string of the molecule is C[C@H]1Cc2cc(S(=O)(=O)N(CCC#N)CC(F)(F)F)ccc2O1. The Balaban J connectivity index is 2.34. The highest BCUT2D eigenvalue weighted by atomic mass is 32.2. The molecule has 1 atom stereocenters. The molecule has 2 rings (SSSR count). The zero-order valence-electron chi connectivity index (χ0n) is 12.3. The minimum absolute atomic E-state index is 0.104. The van der Waals surface area contributed by atoms with E-state index < -0.39 is 29.3 Å². The number of nitriles is 1. The molecule has 0 unspecified atom stereocenters. The normalized spacial score (nSPS) is 17.7. The fourth-order valence-electron chi connectivity index (χ4n) is 2.37. The lowest BCUT2D eigenvalue weighted by Crippen LogP contribution is -2.39. The predicted molar refractivity (Wildman–Crippen MR) is 75.3 cm³/mol. The van der Waals surface area contributed by atoms with Crippen LogP contribution in [0.15, 0.2) is 23.1 Å². The van der Waals surface area contributed by atoms with E-state index in [-0.39, 0.29) is 21.7 Å². The summed E-state index contributed by atoms with van der Waals surface area (Å²) < 4.78 is 68.6. The Morgan fingerprint density at radius 2 is 2.13 bits per heavy atom. The molecule has 0 fully saturated rings. The van der Waals surface area contributed by atoms with E-state index in [1.54, 1.807) is 6.07 Å². The molecule has 0 aromatic heterocycles. The van der Waals surface area contributed by atoms with Crippen molar-refractivity contribution in [2.45, 2.75) is 36.9 Å². The van der Waals surface area contributed by atoms with Gasteiger partial charge < -0.3 is 4.74 Å². The molecule has 1 aromatic carbocycles. The first kappa shape index (κ1) is 17.6. The van der Waals surface area contributed by atoms with Crippen LogP contribution < -0.4 is 4.74 Å². The highest BCUT2D eigenvalue weighted by Crippen LogP contribution is 2.32. The van der Waals surface area contributed by atoms with Crippen molar-refractivity contribution >= 4 is 10.0 Å². The van der Waals surface area contributed by atoms with Crippen molar-refractivity contribution in [3.05, 3.63) is 23.8 Å². The molecular formula is C14H15F3N2O3S. The third-order valence-corrected chi connectivity index (χ3v) is 5.18. The molecule has 0 saturated heterocycles. The summed E-state index contributed by atoms with van der Waals surface area (Å²) in [6, 6.07) is 5.67. The Hall–Kier alpha value is -1.79. The minimum atomic E-state index is -4.68. The summed E-state index contributed by atoms with van der Waals surface area (Å²) in [7, 11) is -4.34. The quantitative estimate of drug-likeness (QED) is 0.820. The first-order chi connectivity index (χ1) is 10.6. The number of benzene rings is 1. The standard InChI is InChI=1S/C14H15F3N2O3S/c1-10-7-11-8-12(3-4-13(11)22-10)23(20,21)19(6-2-5-18)9-14(15,16)17/h3-4,8,10H,2,6-7,9H2,1H3/t10-/m0/s1. The van der Waals surface area contributed by atoms with Gasteiger partial charge in [0.1, 0.15) is 18.4 Å². The van der Waals surface area contributed by atoms with E-state index in [1.165, 1.54) is 18.2 Å². The minimum Gasteiger partial charge on any atom is -0.490 e. The van der Waals surface area contributed by atoms with Crippen molar-refractivity contribution in [1.29, 1.82) is 5.26 Å². The largest absolute Gasteiger partial charge is 0.490 e. The maximum atomic E-state index is 12.6. The van der Waals surface area contributed by atoms with Crippen LogP contribution in [0.1, 0.15) is 18.9 Å². The van der Waals surface area contributed by atoms with Crippen LogP contribution in [0.25, 0.3) is 0 Å². The number of fused-ring (bicyclic) bond motifs is 1. The van der Waals surface area contributed by atoms with E-state index in [0.29, 0.717) is 17.7 Å². The Morgan fingerprint density at radius 1 is 1.43 bits per heavy atom. The first-order valence-electron chi connectivity index (χ1n) is 6.87. The Kier molecular flexibility index (Phi) is 4.87. The van der Waals surface area contributed by atoms with Gasteiger partial charge in [-0.15, -0.1) is 0 Å². The van der Waals surface area contributed by atoms with Gasteiger partial charge in [0.15, 0.2) is 0 Å². The molecular weight excluding hydrogens is 333 g/mol. The van der Waals surface area contributed by atoms with Crippen molar-refractivity contribution in [2.75, 3.05) is 13.1 Å². The predicted octanol–water partition coefficient (Wildman–Crippen LogP) is 2.48. The molecule has 0 spiro atoms. The lowest BCUT2D eigenvalue weighted by Gasteiger charge is -2.22. The zero-order valence-corrected chi connectivity index (χ0v) is 13.1. The average molecular weight is 348 g/mol. The third-order valence-electron chi connectivity index (χ3n) is 3.33. The average Bonchev–Trinajstić information content (AvgIpc) is 2.81. The number of alkyl halides is 3. The van der Waals surface area contributed by atoms with Crippen LogP contribution >= 0.6 is 0 Å². The van der Waals surface area contributed by atoms with E-state index in [4.69, 9.17) is 10.00 Å². The molecule has 23 heavy (non-hydrogen) atoms. The second-order valence-electron chi connectivity index (χ2n) is 5.26. The molecule has 1 heterocycles. The second-order valence-corrected chi connectivity index (χ2v) is 7.20. The Bertz CT molecular complexity index is 726. The van der Waals surface area contributed by atoms with Crippen molar-refractivity contribution in [3.63, 3.8) is 0 Å². The number of nitrogens with zero attached hydrogens (tertiary/aromatic N) is 2. The molecule has 0 bridgehead atoms. The molecule has 5 nitrogen and oxygen atoms in total. The molecule has 1 aliphatic rings. The maximum Gasteiger partial charge on any atom is 0.402 e. The number of halogens is 3. The van der Waals surface area contributed by atoms with Crippen LogP contribution in [0.3, 0.4) is 0 Å². The third kappa shape index (κ3) is 4.14. The fourth-order valence-corrected chi connectivity index (χ4v) is 3.84. The summed E-state index contributed by atoms with van der Waals surface area (Å²) in [4.78, 5) is -0.226. The van der Waals surface area contributed by atoms with Crippen molar-refractivity contribution in [2.24, 2.45) is 0 Å². The Labute approximate surface area is 132 Å². The summed E-state index contributed by atoms with van der Waals surface area (Å²) in [5.41, 5.74) is 0.644. The van der Waals surface area contributed by atoms with Crippen molar-refractivity contribution in [3.8, 4) is 11.8 Å². The van der Waals surface area contributed by atoms with Gasteiger partial charge >= 0.3 is 6.18 Å². The Morgan fingerprint density at radius 3 is 2.74 bits per heavy atom. The van der Waals surface area contributed by atoms with Gasteiger partial charge in [-0.1, -0.05) is 0 Å². The molecule has 0 N–H and O–H groups in total. The molecule has 1 aliphatic heterocycles. The van der Waals surface area contributed by atoms with Gasteiger partial charge in [0.05, 0.1) is 11.0 Å². The molecule has 0 amide bonds. The van der Waals surface area contributed by atoms with E-state index in [0.717, 1.165) is 0 Å². The highest BCUT2D eigenvalue weighted by molar-refractivity contribution is 7.89. The van der Waals surface area contributed by atoms with E-state index in [1.807, 2.05) is 6.92 Å². The van der Waals surface area contributed by atoms with E-state index in [9.17, 15) is 21.6 Å². The monoisotopic (exact) mass is 348 g/mol. The second kappa shape index (κ2) is 6.37. The van der Waals surface area contributed by atoms with Crippen LogP contribution in [0.4, 0.5) is 13.2 Å². The van der Waals surface area contributed by atoms with Gasteiger partial charge in [0, 0.05) is 19.4 Å². The number of rotatable bonds is 5. The topological polar surface area (TPSA) is 70.4 Å². The van der Waals surface area contributed by atoms with Gasteiger partial charge in [0.2, 0.25) is 10.0 Å². The lowest BCUT2D eigenvalue weighted by molar-refractivity contribution is -0.136. The van der Waals surface area contributed by atoms with Crippen molar-refractivity contribution in [1.82, 2.24) is 4.31 Å². The van der Waals surface area contributed by atoms with Gasteiger partial charge in [-0.3, -0.25) is 0 Å². The highest BCUT2D eigenvalue weighted by Gasteiger charge is 2.37. The molecule has 0 radical (unpaired) electrons. The van der Waals surface area contributed by atoms with Crippen LogP contribution in [-0.4, -0.2) is 38.1 Å². The van der Waals surface area contributed by atoms with Gasteiger partial charge in [-0.2, -0.15) is 22.7 Å². The number of hydrogen-bond acceptors (Lipinski definition) is 4. The number of ether oxygens (including phenoxy) is 1. The maximum absolute atomic E-state index is 12.6. The van der Waals surface area contributed by atoms with E-state index in [2.05, 4.69) is 0 Å². The molecule has 1 aromatic rings. The lowest BCUT2D eigenvalue weighted by atomic mass is 10.1. The van der Waals surface area contributed by atoms with Crippen LogP contribution in [-0.2, 0) is 16.4 Å². The van der Waals surface area contributed by atoms with Crippen LogP contribution in [0.5, 0.6) is 5.75 Å². The smallest absolute Gasteiger partial charge is 0.402 e. The first-order valence-corrected chi connectivity index (χ1v) is 8.31. The number of hydrogen-bond donors (Lipinski definition) is 0. The van der Waals surface area contributed by atoms with Crippen LogP contribution in [0.2, 0.25) is 0 Å². The van der Waals surface area contributed by atoms with Crippen LogP contribution in [0, 0.1) is 11.3 Å². The van der Waals surface area contributed by atoms with Gasteiger partial charge in [-0.05, 0) is 30.7 Å². The molecule has 0 aliphatic carbocycles. The number of sulfonamides is 1. The fraction of sp³-hybridized carbons (Fsp3) is 0.500. The van der Waals surface area contributed by atoms with Crippen molar-refractivity contribution < 1.29 is 26.3 Å². The summed E-state index contributed by atoms with van der Waals surface area (Å²) in [5, 5.41) is 8.54. The molecule has 126 valence electrons. The summed E-state index contributed by atoms with van der Waals surface area (Å²) >= 11 is 0. The molecule has 9 heteroatoms. The zero-order chi connectivity index (χ0) is 17.3.